The van der Waals surface area contributed by atoms with E-state index in [0.29, 0.717) is 31.1 Å². The molecule has 0 fully saturated rings. The van der Waals surface area contributed by atoms with E-state index in [1.165, 1.54) is 12.1 Å². The van der Waals surface area contributed by atoms with Gasteiger partial charge in [0.2, 0.25) is 0 Å². The molecule has 1 aromatic heterocycles. The first-order valence-electron chi connectivity index (χ1n) is 10.4. The van der Waals surface area contributed by atoms with Crippen LogP contribution in [0.15, 0.2) is 67.1 Å². The van der Waals surface area contributed by atoms with Gasteiger partial charge in [-0.25, -0.2) is 14.2 Å². The number of hydrogen-bond acceptors (Lipinski definition) is 5. The number of hydrogen-bond donors (Lipinski definition) is 3. The number of carbonyl (C=O) groups is 1. The molecule has 0 saturated heterocycles. The Hall–Kier alpha value is -3.78. The molecule has 9 heteroatoms. The minimum atomic E-state index is -0.413. The third kappa shape index (κ3) is 5.35. The SMILES string of the molecule is Cc1cnc(Nc2ccc(F)cc2Cl)cc1N1C=CN(C(=O)NCCc2ccccc2O)C1. The first-order chi connectivity index (χ1) is 15.9. The molecule has 3 aromatic rings. The van der Waals surface area contributed by atoms with Crippen molar-refractivity contribution in [2.75, 3.05) is 23.4 Å². The maximum absolute atomic E-state index is 13.3. The molecule has 0 aliphatic carbocycles. The fourth-order valence-corrected chi connectivity index (χ4v) is 3.67. The number of pyridine rings is 1. The van der Waals surface area contributed by atoms with Gasteiger partial charge in [0, 0.05) is 31.2 Å². The molecule has 4 rings (SSSR count). The highest BCUT2D eigenvalue weighted by atomic mass is 35.5. The number of benzene rings is 2. The van der Waals surface area contributed by atoms with Crippen molar-refractivity contribution in [3.63, 3.8) is 0 Å². The minimum absolute atomic E-state index is 0.221. The number of aromatic hydroxyl groups is 1. The molecule has 0 radical (unpaired) electrons. The maximum Gasteiger partial charge on any atom is 0.322 e. The number of para-hydroxylation sites is 1. The van der Waals surface area contributed by atoms with Gasteiger partial charge < -0.3 is 20.6 Å². The Morgan fingerprint density at radius 3 is 2.82 bits per heavy atom. The Bertz CT molecular complexity index is 1200. The third-order valence-corrected chi connectivity index (χ3v) is 5.55. The van der Waals surface area contributed by atoms with Gasteiger partial charge in [0.1, 0.15) is 24.1 Å². The van der Waals surface area contributed by atoms with Crippen LogP contribution >= 0.6 is 11.6 Å². The van der Waals surface area contributed by atoms with E-state index >= 15 is 0 Å². The summed E-state index contributed by atoms with van der Waals surface area (Å²) in [6.45, 7) is 2.67. The predicted octanol–water partition coefficient (Wildman–Crippen LogP) is 5.13. The highest BCUT2D eigenvalue weighted by Gasteiger charge is 2.21. The van der Waals surface area contributed by atoms with Gasteiger partial charge in [-0.3, -0.25) is 4.90 Å². The van der Waals surface area contributed by atoms with Crippen LogP contribution in [0.25, 0.3) is 0 Å². The summed E-state index contributed by atoms with van der Waals surface area (Å²) in [7, 11) is 0. The van der Waals surface area contributed by atoms with Crippen molar-refractivity contribution in [2.24, 2.45) is 0 Å². The van der Waals surface area contributed by atoms with Crippen molar-refractivity contribution < 1.29 is 14.3 Å². The number of nitrogens with one attached hydrogen (secondary N) is 2. The lowest BCUT2D eigenvalue weighted by Crippen LogP contribution is -2.39. The van der Waals surface area contributed by atoms with Crippen molar-refractivity contribution in [1.29, 1.82) is 0 Å². The number of carbonyl (C=O) groups excluding carboxylic acids is 1. The Morgan fingerprint density at radius 2 is 2.03 bits per heavy atom. The predicted molar refractivity (Wildman–Crippen MR) is 127 cm³/mol. The average molecular weight is 468 g/mol. The molecule has 2 aromatic carbocycles. The fourth-order valence-electron chi connectivity index (χ4n) is 3.46. The number of aryl methyl sites for hydroxylation is 1. The second-order valence-corrected chi connectivity index (χ2v) is 8.00. The molecule has 0 saturated carbocycles. The molecule has 0 spiro atoms. The Labute approximate surface area is 196 Å². The van der Waals surface area contributed by atoms with Crippen LogP contribution in [0.3, 0.4) is 0 Å². The van der Waals surface area contributed by atoms with Crippen LogP contribution in [0.4, 0.5) is 26.4 Å². The lowest BCUT2D eigenvalue weighted by atomic mass is 10.1. The van der Waals surface area contributed by atoms with Crippen molar-refractivity contribution in [2.45, 2.75) is 13.3 Å². The van der Waals surface area contributed by atoms with Crippen LogP contribution < -0.4 is 15.5 Å². The fraction of sp³-hybridized carbons (Fsp3) is 0.167. The van der Waals surface area contributed by atoms with E-state index in [-0.39, 0.29) is 16.8 Å². The largest absolute Gasteiger partial charge is 0.508 e. The molecule has 2 amide bonds. The number of phenols is 1. The summed E-state index contributed by atoms with van der Waals surface area (Å²) in [5.41, 5.74) is 3.12. The first-order valence-corrected chi connectivity index (χ1v) is 10.7. The molecule has 1 aliphatic rings. The van der Waals surface area contributed by atoms with E-state index in [9.17, 15) is 14.3 Å². The second kappa shape index (κ2) is 9.79. The van der Waals surface area contributed by atoms with Crippen LogP contribution in [-0.4, -0.2) is 34.2 Å². The van der Waals surface area contributed by atoms with Crippen LogP contribution in [0, 0.1) is 12.7 Å². The molecule has 7 nitrogen and oxygen atoms in total. The van der Waals surface area contributed by atoms with Crippen LogP contribution in [0.5, 0.6) is 5.75 Å². The van der Waals surface area contributed by atoms with E-state index in [0.717, 1.165) is 16.8 Å². The number of anilines is 3. The monoisotopic (exact) mass is 467 g/mol. The van der Waals surface area contributed by atoms with Gasteiger partial charge in [0.15, 0.2) is 0 Å². The third-order valence-electron chi connectivity index (χ3n) is 5.23. The zero-order valence-corrected chi connectivity index (χ0v) is 18.7. The Morgan fingerprint density at radius 1 is 1.21 bits per heavy atom. The molecule has 0 atom stereocenters. The number of rotatable bonds is 6. The summed E-state index contributed by atoms with van der Waals surface area (Å²) in [5.74, 6) is 0.353. The topological polar surface area (TPSA) is 80.7 Å². The normalized spacial score (nSPS) is 12.8. The number of nitrogens with zero attached hydrogens (tertiary/aromatic N) is 3. The average Bonchev–Trinajstić information content (AvgIpc) is 3.28. The van der Waals surface area contributed by atoms with Crippen molar-refractivity contribution >= 4 is 34.8 Å². The lowest BCUT2D eigenvalue weighted by molar-refractivity contribution is 0.218. The van der Waals surface area contributed by atoms with E-state index in [1.54, 1.807) is 35.5 Å². The number of urea groups is 1. The lowest BCUT2D eigenvalue weighted by Gasteiger charge is -2.22. The molecule has 3 N–H and O–H groups in total. The number of phenolic OH excluding ortho intramolecular Hbond substituents is 1. The van der Waals surface area contributed by atoms with Crippen molar-refractivity contribution in [3.05, 3.63) is 89.1 Å². The zero-order valence-electron chi connectivity index (χ0n) is 17.9. The standard InChI is InChI=1S/C24H23ClFN5O2/c1-16-14-28-23(29-20-7-6-18(26)12-19(20)25)13-21(16)30-10-11-31(15-30)24(33)27-9-8-17-4-2-3-5-22(17)32/h2-7,10-14,32H,8-9,15H2,1H3,(H,27,33)(H,28,29). The summed E-state index contributed by atoms with van der Waals surface area (Å²) in [4.78, 5) is 20.4. The number of amides is 2. The molecule has 33 heavy (non-hydrogen) atoms. The molecule has 170 valence electrons. The highest BCUT2D eigenvalue weighted by Crippen LogP contribution is 2.29. The summed E-state index contributed by atoms with van der Waals surface area (Å²) >= 11 is 6.10. The Kier molecular flexibility index (Phi) is 6.65. The molecule has 2 heterocycles. The number of aromatic nitrogens is 1. The van der Waals surface area contributed by atoms with Gasteiger partial charge in [-0.05, 0) is 48.7 Å². The molecule has 0 unspecified atom stereocenters. The summed E-state index contributed by atoms with van der Waals surface area (Å²) < 4.78 is 13.3. The van der Waals surface area contributed by atoms with Crippen molar-refractivity contribution in [3.8, 4) is 5.75 Å². The molecular formula is C24H23ClFN5O2. The first kappa shape index (κ1) is 22.4. The van der Waals surface area contributed by atoms with Crippen LogP contribution in [-0.2, 0) is 6.42 Å². The Balaban J connectivity index is 1.37. The molecular weight excluding hydrogens is 445 g/mol. The summed E-state index contributed by atoms with van der Waals surface area (Å²) in [5, 5.41) is 16.1. The maximum atomic E-state index is 13.3. The quantitative estimate of drug-likeness (QED) is 0.468. The summed E-state index contributed by atoms with van der Waals surface area (Å²) in [6, 6.07) is 12.8. The van der Waals surface area contributed by atoms with Gasteiger partial charge in [0.05, 0.1) is 16.4 Å². The summed E-state index contributed by atoms with van der Waals surface area (Å²) in [6.07, 6.45) is 5.78. The smallest absolute Gasteiger partial charge is 0.322 e. The van der Waals surface area contributed by atoms with Gasteiger partial charge in [-0.15, -0.1) is 0 Å². The highest BCUT2D eigenvalue weighted by molar-refractivity contribution is 6.33. The van der Waals surface area contributed by atoms with Gasteiger partial charge >= 0.3 is 6.03 Å². The minimum Gasteiger partial charge on any atom is -0.508 e. The van der Waals surface area contributed by atoms with Gasteiger partial charge in [0.25, 0.3) is 0 Å². The van der Waals surface area contributed by atoms with Gasteiger partial charge in [-0.1, -0.05) is 29.8 Å². The second-order valence-electron chi connectivity index (χ2n) is 7.59. The van der Waals surface area contributed by atoms with E-state index in [2.05, 4.69) is 15.6 Å². The van der Waals surface area contributed by atoms with Gasteiger partial charge in [-0.2, -0.15) is 0 Å². The number of halogens is 2. The van der Waals surface area contributed by atoms with E-state index in [1.807, 2.05) is 36.2 Å². The van der Waals surface area contributed by atoms with E-state index < -0.39 is 5.82 Å². The van der Waals surface area contributed by atoms with Crippen molar-refractivity contribution in [1.82, 2.24) is 15.2 Å². The van der Waals surface area contributed by atoms with Crippen LogP contribution in [0.2, 0.25) is 5.02 Å². The van der Waals surface area contributed by atoms with E-state index in [4.69, 9.17) is 11.6 Å². The molecule has 0 bridgehead atoms. The molecule has 1 aliphatic heterocycles. The van der Waals surface area contributed by atoms with Crippen LogP contribution in [0.1, 0.15) is 11.1 Å². The zero-order chi connectivity index (χ0) is 23.4.